The number of aliphatic carboxylic acids is 1. The number of carboxylic acid groups (broad SMARTS) is 1. The first-order chi connectivity index (χ1) is 4.51. The SMILES string of the molecule is CC1(C)OC=C(C(=O)[O-])O1.[K+]. The van der Waals surface area contributed by atoms with Gasteiger partial charge < -0.3 is 19.4 Å². The monoisotopic (exact) mass is 182 g/mol. The van der Waals surface area contributed by atoms with E-state index in [1.165, 1.54) is 0 Å². The van der Waals surface area contributed by atoms with Crippen molar-refractivity contribution in [3.8, 4) is 0 Å². The maximum atomic E-state index is 10.1. The van der Waals surface area contributed by atoms with Crippen LogP contribution in [-0.2, 0) is 14.3 Å². The third-order valence-corrected chi connectivity index (χ3v) is 1.01. The van der Waals surface area contributed by atoms with Gasteiger partial charge in [-0.15, -0.1) is 0 Å². The van der Waals surface area contributed by atoms with Crippen LogP contribution in [0.1, 0.15) is 13.8 Å². The summed E-state index contributed by atoms with van der Waals surface area (Å²) in [4.78, 5) is 10.1. The quantitative estimate of drug-likeness (QED) is 0.393. The van der Waals surface area contributed by atoms with Crippen molar-refractivity contribution in [3.63, 3.8) is 0 Å². The average molecular weight is 182 g/mol. The topological polar surface area (TPSA) is 58.6 Å². The Hall–Kier alpha value is 0.446. The first kappa shape index (κ1) is 11.4. The standard InChI is InChI=1S/C6H8O4.K/c1-6(2)9-3-4(10-6)5(7)8;/h3H,1-2H3,(H,7,8);/q;+1/p-1. The van der Waals surface area contributed by atoms with E-state index in [2.05, 4.69) is 0 Å². The Kier molecular flexibility index (Phi) is 4.07. The Morgan fingerprint density at radius 1 is 1.64 bits per heavy atom. The molecule has 56 valence electrons. The fraction of sp³-hybridized carbons (Fsp3) is 0.500. The maximum absolute atomic E-state index is 10.1. The van der Waals surface area contributed by atoms with Gasteiger partial charge in [-0.1, -0.05) is 0 Å². The first-order valence-electron chi connectivity index (χ1n) is 2.79. The molecule has 0 bridgehead atoms. The van der Waals surface area contributed by atoms with Gasteiger partial charge in [0.25, 0.3) is 0 Å². The van der Waals surface area contributed by atoms with Crippen molar-refractivity contribution in [1.82, 2.24) is 0 Å². The maximum Gasteiger partial charge on any atom is 1.00 e. The Morgan fingerprint density at radius 3 is 2.36 bits per heavy atom. The van der Waals surface area contributed by atoms with Gasteiger partial charge >= 0.3 is 51.4 Å². The summed E-state index contributed by atoms with van der Waals surface area (Å²) < 4.78 is 9.60. The molecule has 0 saturated heterocycles. The molecular formula is C6H7KO4. The molecule has 0 atom stereocenters. The molecule has 0 fully saturated rings. The van der Waals surface area contributed by atoms with E-state index in [4.69, 9.17) is 9.47 Å². The molecule has 0 amide bonds. The Balaban J connectivity index is 0.000001000. The van der Waals surface area contributed by atoms with Crippen LogP contribution in [0.25, 0.3) is 0 Å². The second kappa shape index (κ2) is 3.91. The van der Waals surface area contributed by atoms with Gasteiger partial charge in [-0.25, -0.2) is 0 Å². The van der Waals surface area contributed by atoms with E-state index in [1.807, 2.05) is 0 Å². The third kappa shape index (κ3) is 3.12. The summed E-state index contributed by atoms with van der Waals surface area (Å²) in [6.07, 6.45) is 1.04. The molecule has 1 aliphatic rings. The average Bonchev–Trinajstić information content (AvgIpc) is 2.10. The van der Waals surface area contributed by atoms with Gasteiger partial charge in [0.05, 0.1) is 0 Å². The minimum Gasteiger partial charge on any atom is -0.541 e. The zero-order valence-corrected chi connectivity index (χ0v) is 9.83. The van der Waals surface area contributed by atoms with Gasteiger partial charge in [-0.3, -0.25) is 0 Å². The smallest absolute Gasteiger partial charge is 0.541 e. The van der Waals surface area contributed by atoms with Crippen molar-refractivity contribution < 1.29 is 70.8 Å². The van der Waals surface area contributed by atoms with Crippen LogP contribution in [0.15, 0.2) is 12.0 Å². The molecule has 0 spiro atoms. The molecule has 0 N–H and O–H groups in total. The van der Waals surface area contributed by atoms with E-state index in [9.17, 15) is 9.90 Å². The number of ether oxygens (including phenoxy) is 2. The van der Waals surface area contributed by atoms with E-state index in [1.54, 1.807) is 13.8 Å². The number of hydrogen-bond acceptors (Lipinski definition) is 4. The summed E-state index contributed by atoms with van der Waals surface area (Å²) in [5, 5.41) is 10.1. The second-order valence-corrected chi connectivity index (χ2v) is 2.39. The molecule has 11 heavy (non-hydrogen) atoms. The van der Waals surface area contributed by atoms with Crippen molar-refractivity contribution in [2.24, 2.45) is 0 Å². The Morgan fingerprint density at radius 2 is 2.18 bits per heavy atom. The first-order valence-corrected chi connectivity index (χ1v) is 2.79. The molecule has 5 heteroatoms. The summed E-state index contributed by atoms with van der Waals surface area (Å²) in [7, 11) is 0. The van der Waals surface area contributed by atoms with E-state index in [0.29, 0.717) is 0 Å². The van der Waals surface area contributed by atoms with Gasteiger partial charge in [0.2, 0.25) is 5.79 Å². The summed E-state index contributed by atoms with van der Waals surface area (Å²) in [6.45, 7) is 3.22. The minimum absolute atomic E-state index is 0. The van der Waals surface area contributed by atoms with E-state index < -0.39 is 11.8 Å². The molecule has 4 nitrogen and oxygen atoms in total. The van der Waals surface area contributed by atoms with Crippen molar-refractivity contribution >= 4 is 5.97 Å². The van der Waals surface area contributed by atoms with Crippen LogP contribution < -0.4 is 56.5 Å². The van der Waals surface area contributed by atoms with Crippen LogP contribution in [0.4, 0.5) is 0 Å². The van der Waals surface area contributed by atoms with Crippen molar-refractivity contribution in [3.05, 3.63) is 12.0 Å². The molecule has 1 aliphatic heterocycles. The van der Waals surface area contributed by atoms with E-state index in [0.717, 1.165) is 6.26 Å². The van der Waals surface area contributed by atoms with Crippen LogP contribution in [0.5, 0.6) is 0 Å². The van der Waals surface area contributed by atoms with E-state index >= 15 is 0 Å². The molecule has 1 heterocycles. The van der Waals surface area contributed by atoms with Crippen LogP contribution in [0.3, 0.4) is 0 Å². The van der Waals surface area contributed by atoms with Gasteiger partial charge in [0, 0.05) is 13.8 Å². The number of rotatable bonds is 1. The molecule has 0 radical (unpaired) electrons. The van der Waals surface area contributed by atoms with Gasteiger partial charge in [-0.2, -0.15) is 0 Å². The third-order valence-electron chi connectivity index (χ3n) is 1.01. The van der Waals surface area contributed by atoms with Gasteiger partial charge in [-0.05, 0) is 0 Å². The largest absolute Gasteiger partial charge is 1.00 e. The predicted octanol–water partition coefficient (Wildman–Crippen LogP) is -3.64. The Labute approximate surface area is 107 Å². The van der Waals surface area contributed by atoms with E-state index in [-0.39, 0.29) is 57.1 Å². The molecule has 0 aliphatic carbocycles. The van der Waals surface area contributed by atoms with Crippen LogP contribution in [0.2, 0.25) is 0 Å². The molecule has 0 aromatic carbocycles. The molecule has 0 saturated carbocycles. The van der Waals surface area contributed by atoms with Crippen LogP contribution in [0, 0.1) is 0 Å². The second-order valence-electron chi connectivity index (χ2n) is 2.39. The number of carbonyl (C=O) groups excluding carboxylic acids is 1. The summed E-state index contributed by atoms with van der Waals surface area (Å²) in [6, 6.07) is 0. The molecular weight excluding hydrogens is 175 g/mol. The fourth-order valence-corrected chi connectivity index (χ4v) is 0.598. The summed E-state index contributed by atoms with van der Waals surface area (Å²) >= 11 is 0. The molecule has 0 aromatic rings. The van der Waals surface area contributed by atoms with Crippen LogP contribution >= 0.6 is 0 Å². The van der Waals surface area contributed by atoms with Gasteiger partial charge in [0.1, 0.15) is 12.2 Å². The number of carbonyl (C=O) groups is 1. The van der Waals surface area contributed by atoms with Gasteiger partial charge in [0.15, 0.2) is 5.76 Å². The zero-order valence-electron chi connectivity index (χ0n) is 6.71. The Bertz CT molecular complexity index is 197. The van der Waals surface area contributed by atoms with Crippen LogP contribution in [-0.4, -0.2) is 11.8 Å². The molecule has 1 rings (SSSR count). The molecule has 0 unspecified atom stereocenters. The normalized spacial score (nSPS) is 18.9. The fourth-order valence-electron chi connectivity index (χ4n) is 0.598. The molecule has 0 aromatic heterocycles. The van der Waals surface area contributed by atoms with Crippen molar-refractivity contribution in [2.75, 3.05) is 0 Å². The van der Waals surface area contributed by atoms with Crippen molar-refractivity contribution in [2.45, 2.75) is 19.6 Å². The minimum atomic E-state index is -1.36. The number of carboxylic acids is 1. The zero-order chi connectivity index (χ0) is 7.78. The van der Waals surface area contributed by atoms with Crippen molar-refractivity contribution in [1.29, 1.82) is 0 Å². The predicted molar refractivity (Wildman–Crippen MR) is 29.3 cm³/mol. The number of hydrogen-bond donors (Lipinski definition) is 0. The summed E-state index contributed by atoms with van der Waals surface area (Å²) in [5.74, 6) is -2.48. The summed E-state index contributed by atoms with van der Waals surface area (Å²) in [5.41, 5.74) is 0.